The maximum atomic E-state index is 12.3. The Bertz CT molecular complexity index is 592. The predicted molar refractivity (Wildman–Crippen MR) is 87.8 cm³/mol. The van der Waals surface area contributed by atoms with Gasteiger partial charge in [-0.3, -0.25) is 9.48 Å². The fraction of sp³-hybridized carbons (Fsp3) is 0.562. The number of hydrogen-bond acceptors (Lipinski definition) is 5. The van der Waals surface area contributed by atoms with Crippen molar-refractivity contribution in [3.8, 4) is 0 Å². The lowest BCUT2D eigenvalue weighted by Gasteiger charge is -2.34. The zero-order chi connectivity index (χ0) is 16.1. The number of carbonyl (C=O) groups excluding carboxylic acids is 1. The first-order valence-electron chi connectivity index (χ1n) is 8.05. The van der Waals surface area contributed by atoms with Crippen LogP contribution in [0.3, 0.4) is 0 Å². The Morgan fingerprint density at radius 3 is 2.91 bits per heavy atom. The number of amides is 1. The molecule has 0 spiro atoms. The summed E-state index contributed by atoms with van der Waals surface area (Å²) in [7, 11) is 0. The number of aliphatic hydroxyl groups is 1. The average molecular weight is 334 g/mol. The van der Waals surface area contributed by atoms with Crippen LogP contribution in [0, 0.1) is 5.92 Å². The normalized spacial score (nSPS) is 17.3. The number of aliphatic hydroxyl groups excluding tert-OH is 1. The first-order valence-corrected chi connectivity index (χ1v) is 8.93. The van der Waals surface area contributed by atoms with Crippen molar-refractivity contribution in [3.63, 3.8) is 0 Å². The van der Waals surface area contributed by atoms with Gasteiger partial charge in [-0.2, -0.15) is 5.10 Å². The number of carbonyl (C=O) groups is 1. The monoisotopic (exact) mass is 334 g/mol. The quantitative estimate of drug-likeness (QED) is 0.878. The summed E-state index contributed by atoms with van der Waals surface area (Å²) in [5, 5.41) is 16.4. The molecule has 0 radical (unpaired) electrons. The van der Waals surface area contributed by atoms with Crippen LogP contribution < -0.4 is 0 Å². The fourth-order valence-electron chi connectivity index (χ4n) is 3.06. The van der Waals surface area contributed by atoms with E-state index in [1.807, 2.05) is 22.4 Å². The first kappa shape index (κ1) is 16.1. The smallest absolute Gasteiger partial charge is 0.222 e. The van der Waals surface area contributed by atoms with E-state index in [1.165, 1.54) is 6.33 Å². The Hall–Kier alpha value is -1.73. The molecule has 0 saturated carbocycles. The lowest BCUT2D eigenvalue weighted by atomic mass is 9.90. The number of thiophene rings is 1. The number of rotatable bonds is 6. The SMILES string of the molecule is O=C(CCCn1cncn1)N1CCC(C(O)c2cccs2)CC1. The van der Waals surface area contributed by atoms with Gasteiger partial charge in [0.2, 0.25) is 5.91 Å². The summed E-state index contributed by atoms with van der Waals surface area (Å²) in [6, 6.07) is 3.95. The Balaban J connectivity index is 1.40. The van der Waals surface area contributed by atoms with Crippen LogP contribution in [-0.4, -0.2) is 43.8 Å². The largest absolute Gasteiger partial charge is 0.387 e. The standard InChI is InChI=1S/C16H22N4O2S/c21-15(4-1-7-20-12-17-11-18-20)19-8-5-13(6-9-19)16(22)14-3-2-10-23-14/h2-3,10-13,16,22H,1,4-9H2. The number of likely N-dealkylation sites (tertiary alicyclic amines) is 1. The van der Waals surface area contributed by atoms with Crippen LogP contribution in [0.15, 0.2) is 30.2 Å². The Morgan fingerprint density at radius 1 is 1.43 bits per heavy atom. The van der Waals surface area contributed by atoms with Crippen molar-refractivity contribution in [1.29, 1.82) is 0 Å². The molecule has 124 valence electrons. The summed E-state index contributed by atoms with van der Waals surface area (Å²) >= 11 is 1.60. The number of aromatic nitrogens is 3. The third-order valence-corrected chi connectivity index (χ3v) is 5.36. The van der Waals surface area contributed by atoms with Gasteiger partial charge in [0, 0.05) is 30.9 Å². The van der Waals surface area contributed by atoms with E-state index >= 15 is 0 Å². The van der Waals surface area contributed by atoms with Crippen molar-refractivity contribution in [2.75, 3.05) is 13.1 Å². The molecular formula is C16H22N4O2S. The molecule has 23 heavy (non-hydrogen) atoms. The number of piperidine rings is 1. The van der Waals surface area contributed by atoms with Gasteiger partial charge in [0.05, 0.1) is 6.10 Å². The molecule has 1 unspecified atom stereocenters. The zero-order valence-corrected chi connectivity index (χ0v) is 13.9. The van der Waals surface area contributed by atoms with Crippen molar-refractivity contribution >= 4 is 17.2 Å². The van der Waals surface area contributed by atoms with E-state index in [0.717, 1.165) is 43.8 Å². The topological polar surface area (TPSA) is 71.2 Å². The highest BCUT2D eigenvalue weighted by Gasteiger charge is 2.28. The van der Waals surface area contributed by atoms with Gasteiger partial charge in [0.25, 0.3) is 0 Å². The van der Waals surface area contributed by atoms with Gasteiger partial charge >= 0.3 is 0 Å². The van der Waals surface area contributed by atoms with Gasteiger partial charge in [-0.15, -0.1) is 11.3 Å². The van der Waals surface area contributed by atoms with Crippen molar-refractivity contribution in [1.82, 2.24) is 19.7 Å². The Kier molecular flexibility index (Phi) is 5.40. The second-order valence-electron chi connectivity index (χ2n) is 5.94. The fourth-order valence-corrected chi connectivity index (χ4v) is 3.86. The van der Waals surface area contributed by atoms with Crippen LogP contribution in [0.2, 0.25) is 0 Å². The van der Waals surface area contributed by atoms with E-state index < -0.39 is 0 Å². The van der Waals surface area contributed by atoms with Crippen molar-refractivity contribution in [3.05, 3.63) is 35.0 Å². The summed E-state index contributed by atoms with van der Waals surface area (Å²) in [4.78, 5) is 19.1. The van der Waals surface area contributed by atoms with Gasteiger partial charge in [-0.05, 0) is 36.6 Å². The van der Waals surface area contributed by atoms with Crippen molar-refractivity contribution in [2.45, 2.75) is 38.3 Å². The van der Waals surface area contributed by atoms with E-state index in [4.69, 9.17) is 0 Å². The molecule has 1 atom stereocenters. The van der Waals surface area contributed by atoms with Crippen LogP contribution in [0.5, 0.6) is 0 Å². The molecule has 7 heteroatoms. The Morgan fingerprint density at radius 2 is 2.26 bits per heavy atom. The molecule has 2 aromatic rings. The number of hydrogen-bond donors (Lipinski definition) is 1. The van der Waals surface area contributed by atoms with E-state index in [-0.39, 0.29) is 17.9 Å². The lowest BCUT2D eigenvalue weighted by molar-refractivity contribution is -0.133. The number of aryl methyl sites for hydroxylation is 1. The molecule has 1 aliphatic heterocycles. The maximum Gasteiger partial charge on any atom is 0.222 e. The minimum absolute atomic E-state index is 0.203. The van der Waals surface area contributed by atoms with Crippen molar-refractivity contribution in [2.24, 2.45) is 5.92 Å². The van der Waals surface area contributed by atoms with E-state index in [2.05, 4.69) is 10.1 Å². The van der Waals surface area contributed by atoms with Gasteiger partial charge in [0.1, 0.15) is 12.7 Å². The molecule has 3 rings (SSSR count). The average Bonchev–Trinajstić information content (AvgIpc) is 3.28. The molecule has 1 aliphatic rings. The van der Waals surface area contributed by atoms with Crippen LogP contribution in [0.25, 0.3) is 0 Å². The van der Waals surface area contributed by atoms with E-state index in [1.54, 1.807) is 22.3 Å². The van der Waals surface area contributed by atoms with Crippen LogP contribution in [-0.2, 0) is 11.3 Å². The Labute approximate surface area is 139 Å². The van der Waals surface area contributed by atoms with Gasteiger partial charge in [-0.1, -0.05) is 6.07 Å². The van der Waals surface area contributed by atoms with E-state index in [0.29, 0.717) is 6.42 Å². The van der Waals surface area contributed by atoms with Crippen LogP contribution in [0.4, 0.5) is 0 Å². The number of nitrogens with zero attached hydrogens (tertiary/aromatic N) is 4. The predicted octanol–water partition coefficient (Wildman–Crippen LogP) is 2.09. The summed E-state index contributed by atoms with van der Waals surface area (Å²) in [5.74, 6) is 0.460. The second kappa shape index (κ2) is 7.70. The second-order valence-corrected chi connectivity index (χ2v) is 6.92. The molecule has 0 aliphatic carbocycles. The van der Waals surface area contributed by atoms with Gasteiger partial charge < -0.3 is 10.0 Å². The molecule has 1 amide bonds. The summed E-state index contributed by atoms with van der Waals surface area (Å²) in [5.41, 5.74) is 0. The highest BCUT2D eigenvalue weighted by atomic mass is 32.1. The molecule has 2 aromatic heterocycles. The summed E-state index contributed by atoms with van der Waals surface area (Å²) in [6.07, 6.45) is 5.84. The van der Waals surface area contributed by atoms with Crippen molar-refractivity contribution < 1.29 is 9.90 Å². The molecule has 0 bridgehead atoms. The maximum absolute atomic E-state index is 12.3. The van der Waals surface area contributed by atoms with Crippen LogP contribution >= 0.6 is 11.3 Å². The first-order chi connectivity index (χ1) is 11.2. The minimum Gasteiger partial charge on any atom is -0.387 e. The molecule has 1 N–H and O–H groups in total. The highest BCUT2D eigenvalue weighted by Crippen LogP contribution is 2.33. The zero-order valence-electron chi connectivity index (χ0n) is 13.0. The minimum atomic E-state index is -0.389. The highest BCUT2D eigenvalue weighted by molar-refractivity contribution is 7.10. The third kappa shape index (κ3) is 4.17. The molecule has 3 heterocycles. The van der Waals surface area contributed by atoms with Gasteiger partial charge in [0.15, 0.2) is 0 Å². The summed E-state index contributed by atoms with van der Waals surface area (Å²) < 4.78 is 1.75. The van der Waals surface area contributed by atoms with E-state index in [9.17, 15) is 9.90 Å². The molecular weight excluding hydrogens is 312 g/mol. The lowest BCUT2D eigenvalue weighted by Crippen LogP contribution is -2.39. The third-order valence-electron chi connectivity index (χ3n) is 4.42. The molecule has 0 aromatic carbocycles. The molecule has 1 fully saturated rings. The summed E-state index contributed by atoms with van der Waals surface area (Å²) in [6.45, 7) is 2.21. The van der Waals surface area contributed by atoms with Crippen LogP contribution in [0.1, 0.15) is 36.7 Å². The molecule has 6 nitrogen and oxygen atoms in total. The molecule has 1 saturated heterocycles. The van der Waals surface area contributed by atoms with Gasteiger partial charge in [-0.25, -0.2) is 4.98 Å².